The SMILES string of the molecule is CCCNC(=O)[C@H](C)N(Cc1cccc(Br)c1)C(=O)CCCN(c1ccc(Cl)cc1)S(C)(=O)=O. The minimum atomic E-state index is -3.55. The molecule has 0 spiro atoms. The van der Waals surface area contributed by atoms with Gasteiger partial charge in [0.05, 0.1) is 11.9 Å². The van der Waals surface area contributed by atoms with Gasteiger partial charge < -0.3 is 10.2 Å². The van der Waals surface area contributed by atoms with Gasteiger partial charge in [0.15, 0.2) is 0 Å². The summed E-state index contributed by atoms with van der Waals surface area (Å²) in [4.78, 5) is 27.4. The Hall–Kier alpha value is -2.10. The Labute approximate surface area is 215 Å². The second-order valence-corrected chi connectivity index (χ2v) is 11.3. The summed E-state index contributed by atoms with van der Waals surface area (Å²) >= 11 is 9.36. The van der Waals surface area contributed by atoms with Gasteiger partial charge in [0, 0.05) is 35.6 Å². The second kappa shape index (κ2) is 13.1. The van der Waals surface area contributed by atoms with Gasteiger partial charge >= 0.3 is 0 Å². The Morgan fingerprint density at radius 2 is 1.82 bits per heavy atom. The van der Waals surface area contributed by atoms with E-state index in [4.69, 9.17) is 11.6 Å². The van der Waals surface area contributed by atoms with Crippen LogP contribution >= 0.6 is 27.5 Å². The van der Waals surface area contributed by atoms with Crippen molar-refractivity contribution in [3.8, 4) is 0 Å². The fourth-order valence-corrected chi connectivity index (χ4v) is 4.96. The number of halogens is 2. The van der Waals surface area contributed by atoms with Crippen molar-refractivity contribution in [2.45, 2.75) is 45.7 Å². The molecule has 0 aliphatic carbocycles. The van der Waals surface area contributed by atoms with Crippen molar-refractivity contribution in [3.63, 3.8) is 0 Å². The zero-order valence-corrected chi connectivity index (χ0v) is 22.8. The van der Waals surface area contributed by atoms with Crippen LogP contribution in [-0.4, -0.2) is 50.5 Å². The average Bonchev–Trinajstić information content (AvgIpc) is 2.78. The van der Waals surface area contributed by atoms with Gasteiger partial charge in [0.1, 0.15) is 6.04 Å². The van der Waals surface area contributed by atoms with Crippen LogP contribution in [0.4, 0.5) is 5.69 Å². The molecule has 7 nitrogen and oxygen atoms in total. The molecule has 0 aromatic heterocycles. The average molecular weight is 573 g/mol. The third kappa shape index (κ3) is 8.60. The number of hydrogen-bond donors (Lipinski definition) is 1. The van der Waals surface area contributed by atoms with Gasteiger partial charge in [-0.2, -0.15) is 0 Å². The Kier molecular flexibility index (Phi) is 10.9. The van der Waals surface area contributed by atoms with E-state index in [1.165, 1.54) is 4.31 Å². The Balaban J connectivity index is 2.14. The summed E-state index contributed by atoms with van der Waals surface area (Å²) in [6, 6.07) is 13.4. The topological polar surface area (TPSA) is 86.8 Å². The van der Waals surface area contributed by atoms with Crippen molar-refractivity contribution >= 4 is 55.1 Å². The van der Waals surface area contributed by atoms with Gasteiger partial charge in [-0.05, 0) is 61.7 Å². The van der Waals surface area contributed by atoms with Crippen LogP contribution in [0.2, 0.25) is 5.02 Å². The first kappa shape index (κ1) is 28.1. The van der Waals surface area contributed by atoms with Crippen LogP contribution < -0.4 is 9.62 Å². The molecule has 2 aromatic rings. The molecule has 1 N–H and O–H groups in total. The molecule has 0 saturated carbocycles. The molecule has 2 rings (SSSR count). The Morgan fingerprint density at radius 3 is 2.41 bits per heavy atom. The first-order valence-corrected chi connectivity index (χ1v) is 14.1. The van der Waals surface area contributed by atoms with Crippen LogP contribution in [-0.2, 0) is 26.2 Å². The first-order chi connectivity index (χ1) is 16.0. The molecule has 0 aliphatic heterocycles. The summed E-state index contributed by atoms with van der Waals surface area (Å²) < 4.78 is 26.8. The van der Waals surface area contributed by atoms with Crippen molar-refractivity contribution in [1.82, 2.24) is 10.2 Å². The number of carbonyl (C=O) groups excluding carboxylic acids is 2. The molecule has 0 radical (unpaired) electrons. The normalized spacial score (nSPS) is 12.1. The van der Waals surface area contributed by atoms with E-state index in [1.54, 1.807) is 36.1 Å². The highest BCUT2D eigenvalue weighted by atomic mass is 79.9. The molecule has 0 aliphatic rings. The highest BCUT2D eigenvalue weighted by Gasteiger charge is 2.26. The van der Waals surface area contributed by atoms with E-state index in [-0.39, 0.29) is 31.3 Å². The highest BCUT2D eigenvalue weighted by molar-refractivity contribution is 9.10. The van der Waals surface area contributed by atoms with E-state index >= 15 is 0 Å². The van der Waals surface area contributed by atoms with Crippen molar-refractivity contribution in [3.05, 3.63) is 63.6 Å². The zero-order chi connectivity index (χ0) is 25.3. The van der Waals surface area contributed by atoms with E-state index in [9.17, 15) is 18.0 Å². The van der Waals surface area contributed by atoms with E-state index in [0.717, 1.165) is 22.7 Å². The van der Waals surface area contributed by atoms with Crippen LogP contribution in [0.15, 0.2) is 53.0 Å². The molecule has 0 heterocycles. The van der Waals surface area contributed by atoms with Gasteiger partial charge in [0.2, 0.25) is 21.8 Å². The largest absolute Gasteiger partial charge is 0.354 e. The van der Waals surface area contributed by atoms with E-state index in [1.807, 2.05) is 31.2 Å². The van der Waals surface area contributed by atoms with Crippen LogP contribution in [0.25, 0.3) is 0 Å². The third-order valence-corrected chi connectivity index (χ3v) is 7.16. The smallest absolute Gasteiger partial charge is 0.242 e. The fraction of sp³-hybridized carbons (Fsp3) is 0.417. The molecule has 186 valence electrons. The maximum Gasteiger partial charge on any atom is 0.242 e. The molecular formula is C24H31BrClN3O4S. The number of amides is 2. The Morgan fingerprint density at radius 1 is 1.15 bits per heavy atom. The molecule has 1 atom stereocenters. The fourth-order valence-electron chi connectivity index (χ4n) is 3.42. The number of carbonyl (C=O) groups is 2. The third-order valence-electron chi connectivity index (χ3n) is 5.23. The van der Waals surface area contributed by atoms with E-state index in [0.29, 0.717) is 23.7 Å². The number of hydrogen-bond acceptors (Lipinski definition) is 4. The van der Waals surface area contributed by atoms with Gasteiger partial charge in [-0.15, -0.1) is 0 Å². The van der Waals surface area contributed by atoms with Gasteiger partial charge in [-0.3, -0.25) is 13.9 Å². The lowest BCUT2D eigenvalue weighted by Crippen LogP contribution is -2.47. The van der Waals surface area contributed by atoms with Crippen molar-refractivity contribution in [2.75, 3.05) is 23.7 Å². The number of nitrogens with zero attached hydrogens (tertiary/aromatic N) is 2. The summed E-state index contributed by atoms with van der Waals surface area (Å²) in [6.07, 6.45) is 2.32. The summed E-state index contributed by atoms with van der Waals surface area (Å²) in [7, 11) is -3.55. The minimum Gasteiger partial charge on any atom is -0.354 e. The van der Waals surface area contributed by atoms with E-state index in [2.05, 4.69) is 21.2 Å². The molecule has 0 fully saturated rings. The summed E-state index contributed by atoms with van der Waals surface area (Å²) in [5, 5.41) is 3.35. The van der Waals surface area contributed by atoms with E-state index < -0.39 is 16.1 Å². The maximum absolute atomic E-state index is 13.2. The van der Waals surface area contributed by atoms with Crippen LogP contribution in [0.1, 0.15) is 38.7 Å². The van der Waals surface area contributed by atoms with Gasteiger partial charge in [-0.1, -0.05) is 46.6 Å². The van der Waals surface area contributed by atoms with Gasteiger partial charge in [-0.25, -0.2) is 8.42 Å². The molecular weight excluding hydrogens is 542 g/mol. The monoisotopic (exact) mass is 571 g/mol. The quantitative estimate of drug-likeness (QED) is 0.403. The predicted octanol–water partition coefficient (Wildman–Crippen LogP) is 4.59. The molecule has 10 heteroatoms. The maximum atomic E-state index is 13.2. The summed E-state index contributed by atoms with van der Waals surface area (Å²) in [5.41, 5.74) is 1.37. The molecule has 0 saturated heterocycles. The second-order valence-electron chi connectivity index (χ2n) is 8.03. The molecule has 34 heavy (non-hydrogen) atoms. The number of benzene rings is 2. The molecule has 0 unspecified atom stereocenters. The lowest BCUT2D eigenvalue weighted by atomic mass is 10.1. The standard InChI is InChI=1S/C24H31BrClN3O4S/c1-4-14-27-24(31)18(2)28(17-19-7-5-8-20(25)16-19)23(30)9-6-15-29(34(3,32)33)22-12-10-21(26)11-13-22/h5,7-8,10-13,16,18H,4,6,9,14-15,17H2,1-3H3,(H,27,31)/t18-/m0/s1. The predicted molar refractivity (Wildman–Crippen MR) is 140 cm³/mol. The minimum absolute atomic E-state index is 0.0962. The Bertz CT molecular complexity index is 1080. The van der Waals surface area contributed by atoms with Crippen molar-refractivity contribution < 1.29 is 18.0 Å². The zero-order valence-electron chi connectivity index (χ0n) is 19.6. The lowest BCUT2D eigenvalue weighted by molar-refractivity contribution is -0.140. The lowest BCUT2D eigenvalue weighted by Gasteiger charge is -2.29. The number of nitrogens with one attached hydrogen (secondary N) is 1. The highest BCUT2D eigenvalue weighted by Crippen LogP contribution is 2.22. The summed E-state index contributed by atoms with van der Waals surface area (Å²) in [6.45, 7) is 4.60. The van der Waals surface area contributed by atoms with Crippen molar-refractivity contribution in [2.24, 2.45) is 0 Å². The molecule has 0 bridgehead atoms. The number of rotatable bonds is 12. The van der Waals surface area contributed by atoms with Crippen LogP contribution in [0.3, 0.4) is 0 Å². The van der Waals surface area contributed by atoms with Gasteiger partial charge in [0.25, 0.3) is 0 Å². The first-order valence-electron chi connectivity index (χ1n) is 11.1. The number of anilines is 1. The molecule has 2 aromatic carbocycles. The molecule has 2 amide bonds. The number of sulfonamides is 1. The van der Waals surface area contributed by atoms with Crippen LogP contribution in [0, 0.1) is 0 Å². The summed E-state index contributed by atoms with van der Waals surface area (Å²) in [5.74, 6) is -0.437. The van der Waals surface area contributed by atoms with Crippen molar-refractivity contribution in [1.29, 1.82) is 0 Å². The van der Waals surface area contributed by atoms with Crippen LogP contribution in [0.5, 0.6) is 0 Å².